The summed E-state index contributed by atoms with van der Waals surface area (Å²) >= 11 is 1.66. The minimum atomic E-state index is -0.806. The van der Waals surface area contributed by atoms with E-state index in [1.165, 1.54) is 0 Å². The number of likely N-dealkylation sites (tertiary alicyclic amines) is 1. The zero-order valence-electron chi connectivity index (χ0n) is 11.5. The Labute approximate surface area is 117 Å². The van der Waals surface area contributed by atoms with E-state index in [0.717, 1.165) is 15.3 Å². The Bertz CT molecular complexity index is 507. The molecule has 5 heteroatoms. The van der Waals surface area contributed by atoms with Gasteiger partial charge in [-0.1, -0.05) is 0 Å². The molecule has 0 spiro atoms. The molecule has 104 valence electrons. The Morgan fingerprint density at radius 2 is 2.21 bits per heavy atom. The molecular weight excluding hydrogens is 262 g/mol. The summed E-state index contributed by atoms with van der Waals surface area (Å²) < 4.78 is 0. The number of aliphatic carboxylic acids is 1. The molecule has 0 aliphatic carbocycles. The average Bonchev–Trinajstić information content (AvgIpc) is 2.67. The maximum absolute atomic E-state index is 12.0. The molecule has 2 unspecified atom stereocenters. The summed E-state index contributed by atoms with van der Waals surface area (Å²) in [4.78, 5) is 27.5. The number of rotatable bonds is 3. The van der Waals surface area contributed by atoms with E-state index in [1.807, 2.05) is 26.8 Å². The van der Waals surface area contributed by atoms with Gasteiger partial charge in [-0.25, -0.2) is 0 Å². The molecule has 2 rings (SSSR count). The van der Waals surface area contributed by atoms with Gasteiger partial charge < -0.3 is 10.0 Å². The molecule has 1 aromatic rings. The Kier molecular flexibility index (Phi) is 3.94. The number of nitrogens with zero attached hydrogens (tertiary/aromatic N) is 1. The number of thiophene rings is 1. The van der Waals surface area contributed by atoms with Crippen LogP contribution in [-0.2, 0) is 9.59 Å². The van der Waals surface area contributed by atoms with Gasteiger partial charge in [0.25, 0.3) is 0 Å². The first-order valence-corrected chi connectivity index (χ1v) is 7.36. The number of hydrogen-bond donors (Lipinski definition) is 1. The highest BCUT2D eigenvalue weighted by Gasteiger charge is 2.40. The SMILES string of the molecule is CCN1C(=O)CCC(C(=O)O)C1c1cc(C)sc1C. The predicted molar refractivity (Wildman–Crippen MR) is 74.3 cm³/mol. The number of piperidine rings is 1. The van der Waals surface area contributed by atoms with E-state index in [9.17, 15) is 14.7 Å². The van der Waals surface area contributed by atoms with Gasteiger partial charge in [-0.3, -0.25) is 9.59 Å². The first-order chi connectivity index (χ1) is 8.95. The van der Waals surface area contributed by atoms with Crippen LogP contribution in [0.4, 0.5) is 0 Å². The number of carboxylic acid groups (broad SMARTS) is 1. The molecule has 0 radical (unpaired) electrons. The number of carbonyl (C=O) groups excluding carboxylic acids is 1. The van der Waals surface area contributed by atoms with Crippen LogP contribution in [-0.4, -0.2) is 28.4 Å². The lowest BCUT2D eigenvalue weighted by molar-refractivity contribution is -0.151. The van der Waals surface area contributed by atoms with Crippen LogP contribution in [0.2, 0.25) is 0 Å². The summed E-state index contributed by atoms with van der Waals surface area (Å²) in [5.41, 5.74) is 1.00. The van der Waals surface area contributed by atoms with Crippen molar-refractivity contribution in [2.24, 2.45) is 5.92 Å². The van der Waals surface area contributed by atoms with Crippen LogP contribution < -0.4 is 0 Å². The fourth-order valence-corrected chi connectivity index (χ4v) is 3.88. The fourth-order valence-electron chi connectivity index (χ4n) is 2.91. The van der Waals surface area contributed by atoms with E-state index in [0.29, 0.717) is 19.4 Å². The van der Waals surface area contributed by atoms with Crippen LogP contribution in [0.1, 0.15) is 41.1 Å². The lowest BCUT2D eigenvalue weighted by Gasteiger charge is -2.39. The van der Waals surface area contributed by atoms with Crippen LogP contribution >= 0.6 is 11.3 Å². The van der Waals surface area contributed by atoms with Crippen molar-refractivity contribution >= 4 is 23.2 Å². The van der Waals surface area contributed by atoms with E-state index < -0.39 is 11.9 Å². The van der Waals surface area contributed by atoms with Crippen LogP contribution in [0.5, 0.6) is 0 Å². The largest absolute Gasteiger partial charge is 0.481 e. The van der Waals surface area contributed by atoms with Crippen molar-refractivity contribution in [3.05, 3.63) is 21.4 Å². The van der Waals surface area contributed by atoms with Crippen molar-refractivity contribution in [1.29, 1.82) is 0 Å². The topological polar surface area (TPSA) is 57.6 Å². The van der Waals surface area contributed by atoms with Gasteiger partial charge in [-0.2, -0.15) is 0 Å². The Morgan fingerprint density at radius 1 is 1.53 bits per heavy atom. The summed E-state index contributed by atoms with van der Waals surface area (Å²) in [7, 11) is 0. The van der Waals surface area contributed by atoms with Gasteiger partial charge in [0.2, 0.25) is 5.91 Å². The lowest BCUT2D eigenvalue weighted by Crippen LogP contribution is -2.45. The van der Waals surface area contributed by atoms with Gasteiger partial charge in [0.15, 0.2) is 0 Å². The summed E-state index contributed by atoms with van der Waals surface area (Å²) in [6, 6.07) is 1.72. The molecule has 2 heterocycles. The average molecular weight is 281 g/mol. The van der Waals surface area contributed by atoms with Crippen molar-refractivity contribution in [1.82, 2.24) is 4.90 Å². The van der Waals surface area contributed by atoms with E-state index in [4.69, 9.17) is 0 Å². The van der Waals surface area contributed by atoms with E-state index in [1.54, 1.807) is 16.2 Å². The van der Waals surface area contributed by atoms with Crippen LogP contribution in [0.15, 0.2) is 6.07 Å². The molecule has 1 aliphatic rings. The molecule has 1 N–H and O–H groups in total. The standard InChI is InChI=1S/C14H19NO3S/c1-4-15-12(16)6-5-10(14(17)18)13(15)11-7-8(2)19-9(11)3/h7,10,13H,4-6H2,1-3H3,(H,17,18). The van der Waals surface area contributed by atoms with Gasteiger partial charge in [0, 0.05) is 22.7 Å². The van der Waals surface area contributed by atoms with Gasteiger partial charge in [0.05, 0.1) is 12.0 Å². The molecule has 0 aromatic carbocycles. The molecule has 1 saturated heterocycles. The van der Waals surface area contributed by atoms with Crippen molar-refractivity contribution in [3.8, 4) is 0 Å². The predicted octanol–water partition coefficient (Wildman–Crippen LogP) is 2.75. The quantitative estimate of drug-likeness (QED) is 0.926. The fraction of sp³-hybridized carbons (Fsp3) is 0.571. The molecule has 0 bridgehead atoms. The van der Waals surface area contributed by atoms with E-state index in [2.05, 4.69) is 0 Å². The van der Waals surface area contributed by atoms with Crippen LogP contribution in [0, 0.1) is 19.8 Å². The van der Waals surface area contributed by atoms with Crippen LogP contribution in [0.25, 0.3) is 0 Å². The van der Waals surface area contributed by atoms with Crippen molar-refractivity contribution in [2.75, 3.05) is 6.54 Å². The smallest absolute Gasteiger partial charge is 0.308 e. The van der Waals surface area contributed by atoms with E-state index >= 15 is 0 Å². The summed E-state index contributed by atoms with van der Waals surface area (Å²) in [6.45, 7) is 6.47. The second kappa shape index (κ2) is 5.33. The molecule has 0 saturated carbocycles. The molecule has 19 heavy (non-hydrogen) atoms. The van der Waals surface area contributed by atoms with Gasteiger partial charge >= 0.3 is 5.97 Å². The molecule has 4 nitrogen and oxygen atoms in total. The van der Waals surface area contributed by atoms with Gasteiger partial charge in [-0.15, -0.1) is 11.3 Å². The summed E-state index contributed by atoms with van der Waals surface area (Å²) in [5.74, 6) is -1.24. The number of hydrogen-bond acceptors (Lipinski definition) is 3. The second-order valence-corrected chi connectivity index (χ2v) is 6.44. The molecule has 2 atom stereocenters. The highest BCUT2D eigenvalue weighted by atomic mass is 32.1. The Hall–Kier alpha value is -1.36. The van der Waals surface area contributed by atoms with Gasteiger partial charge in [-0.05, 0) is 38.8 Å². The minimum absolute atomic E-state index is 0.0632. The highest BCUT2D eigenvalue weighted by molar-refractivity contribution is 7.12. The molecule has 1 fully saturated rings. The third-order valence-corrected chi connectivity index (χ3v) is 4.74. The molecule has 1 aromatic heterocycles. The minimum Gasteiger partial charge on any atom is -0.481 e. The van der Waals surface area contributed by atoms with Crippen molar-refractivity contribution < 1.29 is 14.7 Å². The number of carbonyl (C=O) groups is 2. The maximum Gasteiger partial charge on any atom is 0.308 e. The number of amides is 1. The first-order valence-electron chi connectivity index (χ1n) is 6.55. The monoisotopic (exact) mass is 281 g/mol. The Balaban J connectivity index is 2.47. The molecule has 1 amide bonds. The third-order valence-electron chi connectivity index (χ3n) is 3.76. The van der Waals surface area contributed by atoms with Crippen molar-refractivity contribution in [3.63, 3.8) is 0 Å². The zero-order chi connectivity index (χ0) is 14.2. The normalized spacial score (nSPS) is 23.7. The lowest BCUT2D eigenvalue weighted by atomic mass is 9.84. The highest BCUT2D eigenvalue weighted by Crippen LogP contribution is 2.40. The Morgan fingerprint density at radius 3 is 2.68 bits per heavy atom. The zero-order valence-corrected chi connectivity index (χ0v) is 12.3. The van der Waals surface area contributed by atoms with Crippen molar-refractivity contribution in [2.45, 2.75) is 39.7 Å². The molecular formula is C14H19NO3S. The molecule has 1 aliphatic heterocycles. The summed E-state index contributed by atoms with van der Waals surface area (Å²) in [6.07, 6.45) is 0.771. The third kappa shape index (κ3) is 2.52. The number of aryl methyl sites for hydroxylation is 2. The first kappa shape index (κ1) is 14.1. The van der Waals surface area contributed by atoms with Gasteiger partial charge in [0.1, 0.15) is 0 Å². The van der Waals surface area contributed by atoms with Crippen LogP contribution in [0.3, 0.4) is 0 Å². The maximum atomic E-state index is 12.0. The van der Waals surface area contributed by atoms with E-state index in [-0.39, 0.29) is 11.9 Å². The number of carboxylic acids is 1. The second-order valence-electron chi connectivity index (χ2n) is 4.98. The summed E-state index contributed by atoms with van der Waals surface area (Å²) in [5, 5.41) is 9.43.